The normalized spacial score (nSPS) is 16.8. The Morgan fingerprint density at radius 3 is 1.59 bits per heavy atom. The van der Waals surface area contributed by atoms with Gasteiger partial charge in [0.1, 0.15) is 36.3 Å². The minimum atomic E-state index is -1.18. The second-order valence-electron chi connectivity index (χ2n) is 22.3. The lowest BCUT2D eigenvalue weighted by molar-refractivity contribution is -0.142. The number of likely N-dealkylation sites (tertiary alicyclic amines) is 2. The quantitative estimate of drug-likeness (QED) is 0.0425. The predicted molar refractivity (Wildman–Crippen MR) is 289 cm³/mol. The Balaban J connectivity index is 1.84. The van der Waals surface area contributed by atoms with Crippen LogP contribution in [0.2, 0.25) is 0 Å². The molecule has 0 bridgehead atoms. The molecule has 2 fully saturated rings. The number of amides is 10. The van der Waals surface area contributed by atoms with Crippen LogP contribution in [0.4, 0.5) is 0 Å². The standard InChI is InChI=1S/C55H91N11O10/c1-34(2)29-43(51(72)59-44(30-35(3)4)52(73)60-45(31-36(5)6)53(74)63-62-49(70)41-22-27-64(28-23-41)38(9)67)58-50(71)42(21-20-40-17-12-11-13-18-40)57-48(69)33-65(25-15-14-24-56)55(76)46(32-37(7)8)61-54(75)47-19-16-26-66(47)39(10)68/h11-13,17-18,34-37,41-47H,14-16,19-33,56H2,1-10H3,(H,57,69)(H,58,71)(H,59,72)(H,60,73)(H,61,75)(H,62,70)(H,63,74)/t42-,43-,44-,45+,46-,47-/m0/s1. The van der Waals surface area contributed by atoms with Gasteiger partial charge < -0.3 is 47.0 Å². The summed E-state index contributed by atoms with van der Waals surface area (Å²) in [5.74, 6) is -5.56. The van der Waals surface area contributed by atoms with E-state index in [0.29, 0.717) is 71.1 Å². The molecule has 0 radical (unpaired) electrons. The number of carbonyl (C=O) groups is 10. The van der Waals surface area contributed by atoms with Crippen LogP contribution >= 0.6 is 0 Å². The zero-order chi connectivity index (χ0) is 56.6. The molecule has 76 heavy (non-hydrogen) atoms. The molecule has 21 heteroatoms. The first-order valence-electron chi connectivity index (χ1n) is 27.6. The van der Waals surface area contributed by atoms with E-state index in [1.54, 1.807) is 4.90 Å². The fourth-order valence-corrected chi connectivity index (χ4v) is 9.64. The lowest BCUT2D eigenvalue weighted by Gasteiger charge is -2.31. The summed E-state index contributed by atoms with van der Waals surface area (Å²) in [6.07, 6.45) is 4.34. The summed E-state index contributed by atoms with van der Waals surface area (Å²) in [4.78, 5) is 140. The van der Waals surface area contributed by atoms with Gasteiger partial charge in [-0.1, -0.05) is 85.7 Å². The number of hydrazine groups is 1. The van der Waals surface area contributed by atoms with Gasteiger partial charge in [-0.3, -0.25) is 58.8 Å². The van der Waals surface area contributed by atoms with Gasteiger partial charge >= 0.3 is 0 Å². The van der Waals surface area contributed by atoms with Gasteiger partial charge in [-0.15, -0.1) is 0 Å². The Kier molecular flexibility index (Phi) is 27.4. The highest BCUT2D eigenvalue weighted by atomic mass is 16.2. The van der Waals surface area contributed by atoms with Crippen molar-refractivity contribution in [2.45, 2.75) is 183 Å². The van der Waals surface area contributed by atoms with Crippen molar-refractivity contribution in [3.63, 3.8) is 0 Å². The SMILES string of the molecule is CC(=O)N1CCC(C(=O)NNC(=O)[C@@H](CC(C)C)NC(=O)[C@H](CC(C)C)NC(=O)[C@H](CC(C)C)NC(=O)[C@H](CCc2ccccc2)NC(=O)CN(CCCCN)C(=O)[C@H](CC(C)C)NC(=O)[C@@H]2CCCN2C(C)=O)CC1. The van der Waals surface area contributed by atoms with Crippen LogP contribution in [-0.2, 0) is 54.4 Å². The molecule has 6 atom stereocenters. The minimum Gasteiger partial charge on any atom is -0.343 e. The maximum absolute atomic E-state index is 14.5. The molecule has 0 saturated carbocycles. The van der Waals surface area contributed by atoms with Crippen molar-refractivity contribution >= 4 is 59.1 Å². The highest BCUT2D eigenvalue weighted by Crippen LogP contribution is 2.20. The van der Waals surface area contributed by atoms with Crippen LogP contribution in [-0.4, -0.2) is 149 Å². The Labute approximate surface area is 450 Å². The molecule has 9 N–H and O–H groups in total. The third-order valence-corrected chi connectivity index (χ3v) is 13.7. The van der Waals surface area contributed by atoms with E-state index >= 15 is 0 Å². The van der Waals surface area contributed by atoms with Crippen LogP contribution in [0.5, 0.6) is 0 Å². The zero-order valence-electron chi connectivity index (χ0n) is 47.0. The molecule has 1 aromatic rings. The molecular formula is C55H91N11O10. The van der Waals surface area contributed by atoms with Gasteiger partial charge in [-0.25, -0.2) is 0 Å². The lowest BCUT2D eigenvalue weighted by atomic mass is 9.96. The Bertz CT molecular complexity index is 2100. The fourth-order valence-electron chi connectivity index (χ4n) is 9.64. The highest BCUT2D eigenvalue weighted by molar-refractivity contribution is 5.97. The van der Waals surface area contributed by atoms with Crippen LogP contribution in [0.1, 0.15) is 145 Å². The molecule has 21 nitrogen and oxygen atoms in total. The van der Waals surface area contributed by atoms with Crippen molar-refractivity contribution in [2.75, 3.05) is 39.3 Å². The molecule has 0 unspecified atom stereocenters. The number of rotatable bonds is 29. The van der Waals surface area contributed by atoms with E-state index in [4.69, 9.17) is 5.73 Å². The molecule has 2 heterocycles. The van der Waals surface area contributed by atoms with Gasteiger partial charge in [0, 0.05) is 45.9 Å². The Hall–Kier alpha value is -6.12. The van der Waals surface area contributed by atoms with Crippen LogP contribution in [0, 0.1) is 29.6 Å². The topological polar surface area (TPSA) is 291 Å². The maximum atomic E-state index is 14.5. The molecule has 2 saturated heterocycles. The number of hydrogen-bond donors (Lipinski definition) is 8. The second kappa shape index (κ2) is 32.5. The summed E-state index contributed by atoms with van der Waals surface area (Å²) in [6, 6.07) is 3.09. The first kappa shape index (κ1) is 64.2. The Morgan fingerprint density at radius 1 is 0.579 bits per heavy atom. The van der Waals surface area contributed by atoms with E-state index in [-0.39, 0.29) is 74.1 Å². The number of aryl methyl sites for hydroxylation is 1. The summed E-state index contributed by atoms with van der Waals surface area (Å²) in [5.41, 5.74) is 11.7. The van der Waals surface area contributed by atoms with Gasteiger partial charge in [0.15, 0.2) is 0 Å². The number of hydrogen-bond acceptors (Lipinski definition) is 11. The number of unbranched alkanes of at least 4 members (excludes halogenated alkanes) is 1. The van der Waals surface area contributed by atoms with Crippen LogP contribution in [0.25, 0.3) is 0 Å². The van der Waals surface area contributed by atoms with Gasteiger partial charge in [0.05, 0.1) is 6.54 Å². The number of benzene rings is 1. The molecule has 2 aliphatic rings. The third kappa shape index (κ3) is 22.2. The van der Waals surface area contributed by atoms with Gasteiger partial charge in [0.2, 0.25) is 53.2 Å². The van der Waals surface area contributed by atoms with E-state index < -0.39 is 96.0 Å². The summed E-state index contributed by atoms with van der Waals surface area (Å²) < 4.78 is 0. The van der Waals surface area contributed by atoms with E-state index in [9.17, 15) is 47.9 Å². The van der Waals surface area contributed by atoms with E-state index in [0.717, 1.165) is 5.56 Å². The number of piperidine rings is 1. The summed E-state index contributed by atoms with van der Waals surface area (Å²) in [6.45, 7) is 19.3. The third-order valence-electron chi connectivity index (χ3n) is 13.7. The molecule has 3 rings (SSSR count). The van der Waals surface area contributed by atoms with E-state index in [1.165, 1.54) is 23.6 Å². The number of carbonyl (C=O) groups excluding carboxylic acids is 10. The van der Waals surface area contributed by atoms with Gasteiger partial charge in [0.25, 0.3) is 5.91 Å². The second-order valence-corrected chi connectivity index (χ2v) is 22.3. The molecule has 0 aliphatic carbocycles. The molecule has 426 valence electrons. The first-order chi connectivity index (χ1) is 35.9. The van der Waals surface area contributed by atoms with Gasteiger partial charge in [-0.05, 0) is 113 Å². The fraction of sp³-hybridized carbons (Fsp3) is 0.709. The molecule has 10 amide bonds. The number of nitrogens with zero attached hydrogens (tertiary/aromatic N) is 3. The lowest BCUT2D eigenvalue weighted by Crippen LogP contribution is -2.60. The van der Waals surface area contributed by atoms with Crippen molar-refractivity contribution in [2.24, 2.45) is 35.3 Å². The van der Waals surface area contributed by atoms with Crippen molar-refractivity contribution in [3.05, 3.63) is 35.9 Å². The summed E-state index contributed by atoms with van der Waals surface area (Å²) >= 11 is 0. The number of nitrogens with two attached hydrogens (primary N) is 1. The van der Waals surface area contributed by atoms with E-state index in [2.05, 4.69) is 37.4 Å². The summed E-state index contributed by atoms with van der Waals surface area (Å²) in [5, 5.41) is 14.2. The molecule has 0 spiro atoms. The summed E-state index contributed by atoms with van der Waals surface area (Å²) in [7, 11) is 0. The average molecular weight is 1070 g/mol. The first-order valence-corrected chi connectivity index (χ1v) is 27.6. The molecule has 2 aliphatic heterocycles. The van der Waals surface area contributed by atoms with E-state index in [1.807, 2.05) is 85.7 Å². The molecule has 1 aromatic carbocycles. The predicted octanol–water partition coefficient (Wildman–Crippen LogP) is 2.21. The van der Waals surface area contributed by atoms with Crippen molar-refractivity contribution < 1.29 is 47.9 Å². The molecular weight excluding hydrogens is 975 g/mol. The highest BCUT2D eigenvalue weighted by Gasteiger charge is 2.37. The largest absolute Gasteiger partial charge is 0.343 e. The smallest absolute Gasteiger partial charge is 0.260 e. The van der Waals surface area contributed by atoms with Crippen molar-refractivity contribution in [1.82, 2.24) is 52.1 Å². The van der Waals surface area contributed by atoms with Crippen molar-refractivity contribution in [3.8, 4) is 0 Å². The number of nitrogens with one attached hydrogen (secondary N) is 7. The Morgan fingerprint density at radius 2 is 1.09 bits per heavy atom. The minimum absolute atomic E-state index is 0.0251. The van der Waals surface area contributed by atoms with Gasteiger partial charge in [-0.2, -0.15) is 0 Å². The van der Waals surface area contributed by atoms with Crippen LogP contribution < -0.4 is 43.2 Å². The van der Waals surface area contributed by atoms with Crippen molar-refractivity contribution in [1.29, 1.82) is 0 Å². The van der Waals surface area contributed by atoms with Crippen LogP contribution in [0.3, 0.4) is 0 Å². The van der Waals surface area contributed by atoms with Crippen LogP contribution in [0.15, 0.2) is 30.3 Å². The monoisotopic (exact) mass is 1070 g/mol. The zero-order valence-corrected chi connectivity index (χ0v) is 47.0. The molecule has 0 aromatic heterocycles. The average Bonchev–Trinajstić information content (AvgIpc) is 3.86. The maximum Gasteiger partial charge on any atom is 0.260 e.